The number of aromatic nitrogens is 3. The van der Waals surface area contributed by atoms with Gasteiger partial charge < -0.3 is 10.5 Å². The number of hydrogen-bond donors (Lipinski definition) is 1. The zero-order valence-electron chi connectivity index (χ0n) is 11.4. The van der Waals surface area contributed by atoms with Crippen LogP contribution in [0.5, 0.6) is 0 Å². The highest BCUT2D eigenvalue weighted by molar-refractivity contribution is 5.84. The molecule has 7 heteroatoms. The first kappa shape index (κ1) is 14.1. The van der Waals surface area contributed by atoms with Gasteiger partial charge in [0, 0.05) is 6.04 Å². The van der Waals surface area contributed by atoms with E-state index in [2.05, 4.69) is 14.8 Å². The van der Waals surface area contributed by atoms with Gasteiger partial charge in [-0.3, -0.25) is 0 Å². The molecule has 0 fully saturated rings. The quantitative estimate of drug-likeness (QED) is 0.861. The molecule has 106 valence electrons. The molecule has 0 saturated carbocycles. The molecule has 1 heterocycles. The Balaban J connectivity index is 2.54. The summed E-state index contributed by atoms with van der Waals surface area (Å²) < 4.78 is 19.6. The highest BCUT2D eigenvalue weighted by atomic mass is 19.1. The topological polar surface area (TPSA) is 83.0 Å². The van der Waals surface area contributed by atoms with Crippen LogP contribution in [0.4, 0.5) is 4.39 Å². The Morgan fingerprint density at radius 2 is 2.20 bits per heavy atom. The molecule has 1 atom stereocenters. The third kappa shape index (κ3) is 2.53. The number of esters is 1. The maximum atomic E-state index is 13.6. The number of hydrogen-bond acceptors (Lipinski definition) is 5. The van der Waals surface area contributed by atoms with Crippen molar-refractivity contribution in [1.29, 1.82) is 0 Å². The van der Waals surface area contributed by atoms with Gasteiger partial charge in [0.2, 0.25) is 0 Å². The number of rotatable bonds is 3. The van der Waals surface area contributed by atoms with Crippen LogP contribution < -0.4 is 5.73 Å². The number of carbonyl (C=O) groups is 1. The molecule has 2 aromatic rings. The zero-order valence-corrected chi connectivity index (χ0v) is 11.4. The highest BCUT2D eigenvalue weighted by Crippen LogP contribution is 2.23. The molecule has 1 aromatic carbocycles. The third-order valence-electron chi connectivity index (χ3n) is 2.91. The van der Waals surface area contributed by atoms with Crippen LogP contribution in [0.1, 0.15) is 34.7 Å². The van der Waals surface area contributed by atoms with E-state index in [-0.39, 0.29) is 17.7 Å². The van der Waals surface area contributed by atoms with Crippen molar-refractivity contribution in [2.24, 2.45) is 5.73 Å². The smallest absolute Gasteiger partial charge is 0.377 e. The van der Waals surface area contributed by atoms with Gasteiger partial charge in [0.1, 0.15) is 12.1 Å². The molecule has 0 amide bonds. The van der Waals surface area contributed by atoms with Crippen LogP contribution in [0.25, 0.3) is 5.69 Å². The third-order valence-corrected chi connectivity index (χ3v) is 2.91. The van der Waals surface area contributed by atoms with Crippen molar-refractivity contribution < 1.29 is 13.9 Å². The van der Waals surface area contributed by atoms with Crippen LogP contribution in [0, 0.1) is 12.7 Å². The van der Waals surface area contributed by atoms with Gasteiger partial charge in [-0.15, -0.1) is 5.10 Å². The highest BCUT2D eigenvalue weighted by Gasteiger charge is 2.16. The number of carbonyl (C=O) groups excluding carboxylic acids is 1. The van der Waals surface area contributed by atoms with E-state index in [1.807, 2.05) is 0 Å². The van der Waals surface area contributed by atoms with E-state index in [1.54, 1.807) is 19.9 Å². The van der Waals surface area contributed by atoms with Gasteiger partial charge in [0.15, 0.2) is 0 Å². The predicted octanol–water partition coefficient (Wildman–Crippen LogP) is 1.52. The van der Waals surface area contributed by atoms with Gasteiger partial charge in [-0.25, -0.2) is 18.9 Å². The minimum absolute atomic E-state index is 0.0647. The molecule has 0 saturated heterocycles. The summed E-state index contributed by atoms with van der Waals surface area (Å²) in [7, 11) is 1.25. The molecule has 0 aliphatic carbocycles. The first-order chi connectivity index (χ1) is 9.43. The molecule has 20 heavy (non-hydrogen) atoms. The largest absolute Gasteiger partial charge is 0.463 e. The van der Waals surface area contributed by atoms with Gasteiger partial charge in [0.05, 0.1) is 12.8 Å². The van der Waals surface area contributed by atoms with Gasteiger partial charge in [-0.05, 0) is 37.1 Å². The number of ether oxygens (including phenoxy) is 1. The Morgan fingerprint density at radius 3 is 2.80 bits per heavy atom. The lowest BCUT2D eigenvalue weighted by molar-refractivity contribution is 0.0587. The summed E-state index contributed by atoms with van der Waals surface area (Å²) in [6.45, 7) is 3.38. The summed E-state index contributed by atoms with van der Waals surface area (Å²) >= 11 is 0. The zero-order chi connectivity index (χ0) is 14.9. The first-order valence-electron chi connectivity index (χ1n) is 6.00. The summed E-state index contributed by atoms with van der Waals surface area (Å²) in [6.07, 6.45) is 1.37. The monoisotopic (exact) mass is 278 g/mol. The van der Waals surface area contributed by atoms with Crippen molar-refractivity contribution in [3.63, 3.8) is 0 Å². The maximum absolute atomic E-state index is 13.6. The predicted molar refractivity (Wildman–Crippen MR) is 70.0 cm³/mol. The summed E-state index contributed by atoms with van der Waals surface area (Å²) in [4.78, 5) is 15.2. The minimum Gasteiger partial charge on any atom is -0.463 e. The molecule has 0 radical (unpaired) electrons. The van der Waals surface area contributed by atoms with Gasteiger partial charge in [-0.2, -0.15) is 0 Å². The lowest BCUT2D eigenvalue weighted by atomic mass is 10.0. The molecule has 1 aromatic heterocycles. The van der Waals surface area contributed by atoms with E-state index < -0.39 is 5.97 Å². The fourth-order valence-corrected chi connectivity index (χ4v) is 1.81. The van der Waals surface area contributed by atoms with Crippen LogP contribution in [-0.2, 0) is 4.74 Å². The summed E-state index contributed by atoms with van der Waals surface area (Å²) in [5, 5.41) is 4.02. The Labute approximate surface area is 115 Å². The van der Waals surface area contributed by atoms with Crippen LogP contribution >= 0.6 is 0 Å². The normalized spacial score (nSPS) is 12.2. The Kier molecular flexibility index (Phi) is 3.80. The molecule has 2 N–H and O–H groups in total. The van der Waals surface area contributed by atoms with Crippen molar-refractivity contribution in [1.82, 2.24) is 14.8 Å². The molecular formula is C13H15FN4O2. The van der Waals surface area contributed by atoms with Gasteiger partial charge >= 0.3 is 5.97 Å². The second-order valence-electron chi connectivity index (χ2n) is 4.45. The van der Waals surface area contributed by atoms with Crippen LogP contribution in [0.15, 0.2) is 18.5 Å². The number of nitrogens with two attached hydrogens (primary N) is 1. The number of methoxy groups -OCH3 is 1. The van der Waals surface area contributed by atoms with Crippen molar-refractivity contribution in [3.8, 4) is 5.69 Å². The second-order valence-corrected chi connectivity index (χ2v) is 4.45. The molecule has 0 bridgehead atoms. The van der Waals surface area contributed by atoms with Gasteiger partial charge in [-0.1, -0.05) is 0 Å². The lowest BCUT2D eigenvalue weighted by Gasteiger charge is -2.13. The Bertz CT molecular complexity index is 652. The van der Waals surface area contributed by atoms with Crippen molar-refractivity contribution in [3.05, 3.63) is 41.2 Å². The van der Waals surface area contributed by atoms with E-state index in [4.69, 9.17) is 5.73 Å². The average molecular weight is 278 g/mol. The molecule has 0 aliphatic heterocycles. The van der Waals surface area contributed by atoms with Crippen molar-refractivity contribution in [2.45, 2.75) is 19.9 Å². The molecule has 1 unspecified atom stereocenters. The van der Waals surface area contributed by atoms with Gasteiger partial charge in [0.25, 0.3) is 5.82 Å². The molecule has 0 aliphatic rings. The molecule has 2 rings (SSSR count). The number of aryl methyl sites for hydroxylation is 1. The van der Waals surface area contributed by atoms with Crippen LogP contribution in [0.3, 0.4) is 0 Å². The fraction of sp³-hybridized carbons (Fsp3) is 0.308. The minimum atomic E-state index is -0.634. The fourth-order valence-electron chi connectivity index (χ4n) is 1.81. The number of halogens is 1. The Hall–Kier alpha value is -2.28. The molecular weight excluding hydrogens is 263 g/mol. The van der Waals surface area contributed by atoms with E-state index in [9.17, 15) is 9.18 Å². The lowest BCUT2D eigenvalue weighted by Crippen LogP contribution is -2.12. The average Bonchev–Trinajstić information content (AvgIpc) is 2.89. The summed E-state index contributed by atoms with van der Waals surface area (Å²) in [5.41, 5.74) is 7.46. The molecule has 0 spiro atoms. The van der Waals surface area contributed by atoms with Crippen molar-refractivity contribution >= 4 is 5.97 Å². The summed E-state index contributed by atoms with van der Waals surface area (Å²) in [6, 6.07) is 2.60. The SMILES string of the molecule is COC(=O)c1ncn(-c2cc(C)c(F)cc2C(C)N)n1. The van der Waals surface area contributed by atoms with E-state index in [1.165, 1.54) is 24.2 Å². The Morgan fingerprint density at radius 1 is 1.50 bits per heavy atom. The standard InChI is InChI=1S/C13H15FN4O2/c1-7-4-11(9(8(2)15)5-10(7)14)18-6-16-12(17-18)13(19)20-3/h4-6,8H,15H2,1-3H3. The number of benzene rings is 1. The van der Waals surface area contributed by atoms with E-state index in [0.717, 1.165) is 0 Å². The first-order valence-corrected chi connectivity index (χ1v) is 6.00. The maximum Gasteiger partial charge on any atom is 0.377 e. The van der Waals surface area contributed by atoms with Crippen LogP contribution in [0.2, 0.25) is 0 Å². The van der Waals surface area contributed by atoms with Crippen LogP contribution in [-0.4, -0.2) is 27.8 Å². The van der Waals surface area contributed by atoms with Crippen molar-refractivity contribution in [2.75, 3.05) is 7.11 Å². The van der Waals surface area contributed by atoms with E-state index >= 15 is 0 Å². The second kappa shape index (κ2) is 5.38. The summed E-state index contributed by atoms with van der Waals surface area (Å²) in [5.74, 6) is -1.04. The number of nitrogens with zero attached hydrogens (tertiary/aromatic N) is 3. The van der Waals surface area contributed by atoms with E-state index in [0.29, 0.717) is 16.8 Å². The molecule has 6 nitrogen and oxygen atoms in total.